The molecule has 3 radical (unpaired) electrons. The van der Waals surface area contributed by atoms with E-state index < -0.39 is 52.6 Å². The van der Waals surface area contributed by atoms with E-state index in [0.29, 0.717) is 75.5 Å². The number of ketones is 1. The van der Waals surface area contributed by atoms with Gasteiger partial charge in [0.05, 0.1) is 39.0 Å². The van der Waals surface area contributed by atoms with E-state index in [1.54, 1.807) is 52.6 Å². The number of amides is 6. The topological polar surface area (TPSA) is 253 Å². The van der Waals surface area contributed by atoms with Crippen LogP contribution in [0.1, 0.15) is 195 Å². The Balaban J connectivity index is -0.000000658. The second-order valence-corrected chi connectivity index (χ2v) is 31.7. The van der Waals surface area contributed by atoms with Gasteiger partial charge in [-0.05, 0) is 256 Å². The van der Waals surface area contributed by atoms with Gasteiger partial charge in [0.2, 0.25) is 0 Å². The molecule has 0 aliphatic carbocycles. The van der Waals surface area contributed by atoms with Crippen molar-refractivity contribution in [1.82, 2.24) is 30.0 Å². The van der Waals surface area contributed by atoms with Crippen LogP contribution in [0.5, 0.6) is 0 Å². The summed E-state index contributed by atoms with van der Waals surface area (Å²) >= 11 is 3.17. The first-order chi connectivity index (χ1) is 49.3. The Bertz CT molecular complexity index is 3420. The second-order valence-electron chi connectivity index (χ2n) is 30.8. The SMILES string of the molecule is CO.COC(=O)NCCO[C@@H](c1cc(C)cc(F)c1)[C@@H]1CCCN(C(=O)OC(C)(C)C)C1.CON(C)C(=O)[C@@H]1CCCN(C(=O)OC(C)(C)C)C1.Cc1cc(F)cc(Br)c1.Cc1cc(F)cc(C(=O)[C@@H]2CCCN(C(=O)OC(C)(C)C)C2)c1.Cc1cc(F)cc([C@H](O)[C@@H]2CCCN(C(=O)OC(C)(C)C)C2)c1.[B].[H-].[H-].[H-].[Mg+2].[Na+]. The van der Waals surface area contributed by atoms with E-state index in [1.165, 1.54) is 67.8 Å². The maximum atomic E-state index is 14.1. The molecule has 0 bridgehead atoms. The number of hydrogen-bond acceptors (Lipinski definition) is 16. The van der Waals surface area contributed by atoms with Crippen LogP contribution in [0.15, 0.2) is 77.3 Å². The Hall–Kier alpha value is -5.76. The summed E-state index contributed by atoms with van der Waals surface area (Å²) in [4.78, 5) is 96.1. The molecular weight excluding hydrogens is 1500 g/mol. The van der Waals surface area contributed by atoms with Crippen LogP contribution in [0.4, 0.5) is 41.5 Å². The average Bonchev–Trinajstić information content (AvgIpc) is 0.821. The smallest absolute Gasteiger partial charge is 1.00 e. The summed E-state index contributed by atoms with van der Waals surface area (Å²) in [5.74, 6) is -2.15. The number of aliphatic hydroxyl groups excluding tert-OH is 2. The minimum Gasteiger partial charge on any atom is -1.00 e. The fourth-order valence-corrected chi connectivity index (χ4v) is 12.6. The number of halogens is 5. The predicted molar refractivity (Wildman–Crippen MR) is 416 cm³/mol. The molecule has 4 heterocycles. The molecule has 3 N–H and O–H groups in total. The van der Waals surface area contributed by atoms with Crippen LogP contribution in [0.2, 0.25) is 0 Å². The van der Waals surface area contributed by atoms with Gasteiger partial charge in [-0.15, -0.1) is 0 Å². The zero-order valence-electron chi connectivity index (χ0n) is 71.1. The van der Waals surface area contributed by atoms with Crippen molar-refractivity contribution in [2.45, 2.75) is 197 Å². The number of aryl methyl sites for hydroxylation is 4. The van der Waals surface area contributed by atoms with Crippen molar-refractivity contribution in [3.05, 3.63) is 139 Å². The number of alkyl carbamates (subject to hydrolysis) is 1. The Morgan fingerprint density at radius 1 is 0.532 bits per heavy atom. The van der Waals surface area contributed by atoms with Gasteiger partial charge in [-0.2, -0.15) is 0 Å². The van der Waals surface area contributed by atoms with Crippen LogP contribution in [-0.2, 0) is 38.1 Å². The van der Waals surface area contributed by atoms with Crippen LogP contribution in [-0.4, -0.2) is 225 Å². The van der Waals surface area contributed by atoms with E-state index in [-0.39, 0.29) is 150 Å². The van der Waals surface area contributed by atoms with E-state index in [4.69, 9.17) is 33.6 Å². The summed E-state index contributed by atoms with van der Waals surface area (Å²) in [6.07, 6.45) is 3.06. The minimum atomic E-state index is -0.783. The van der Waals surface area contributed by atoms with Crippen molar-refractivity contribution in [3.63, 3.8) is 0 Å². The van der Waals surface area contributed by atoms with Gasteiger partial charge in [-0.25, -0.2) is 46.6 Å². The number of hydroxylamine groups is 2. The van der Waals surface area contributed by atoms with E-state index in [2.05, 4.69) is 26.0 Å². The number of piperidine rings is 4. The van der Waals surface area contributed by atoms with Crippen molar-refractivity contribution in [2.24, 2.45) is 23.7 Å². The molecule has 22 nitrogen and oxygen atoms in total. The number of carbonyl (C=O) groups excluding carboxylic acids is 7. The molecule has 4 aliphatic rings. The molecule has 109 heavy (non-hydrogen) atoms. The van der Waals surface area contributed by atoms with Gasteiger partial charge in [0.1, 0.15) is 45.7 Å². The number of benzene rings is 4. The number of likely N-dealkylation sites (tertiary alicyclic amines) is 4. The van der Waals surface area contributed by atoms with Crippen LogP contribution in [0.3, 0.4) is 0 Å². The number of Topliss-reactive ketones (excluding diaryl/α,β-unsaturated/α-hetero) is 1. The Morgan fingerprint density at radius 2 is 0.890 bits per heavy atom. The monoisotopic (exact) mass is 1620 g/mol. The summed E-state index contributed by atoms with van der Waals surface area (Å²) in [5, 5.41) is 21.4. The number of nitrogens with one attached hydrogen (secondary N) is 1. The molecule has 0 unspecified atom stereocenters. The maximum Gasteiger partial charge on any atom is 2.00 e. The first-order valence-corrected chi connectivity index (χ1v) is 36.7. The van der Waals surface area contributed by atoms with Gasteiger partial charge < -0.3 is 67.8 Å². The van der Waals surface area contributed by atoms with Gasteiger partial charge in [0.15, 0.2) is 5.78 Å². The molecule has 0 aromatic heterocycles. The third-order valence-corrected chi connectivity index (χ3v) is 17.0. The van der Waals surface area contributed by atoms with Crippen LogP contribution in [0.25, 0.3) is 0 Å². The molecule has 4 saturated heterocycles. The second kappa shape index (κ2) is 49.0. The number of rotatable bonds is 12. The summed E-state index contributed by atoms with van der Waals surface area (Å²) in [5.41, 5.74) is 2.70. The molecular formula is C79H120BBrF4MgN6NaO16. The quantitative estimate of drug-likeness (QED) is 0.0298. The molecule has 8 rings (SSSR count). The molecule has 30 heteroatoms. The van der Waals surface area contributed by atoms with Crippen molar-refractivity contribution in [1.29, 1.82) is 0 Å². The van der Waals surface area contributed by atoms with Gasteiger partial charge >= 0.3 is 83.1 Å². The predicted octanol–water partition coefficient (Wildman–Crippen LogP) is 12.7. The summed E-state index contributed by atoms with van der Waals surface area (Å²) < 4.78 is 86.6. The first kappa shape index (κ1) is 103. The van der Waals surface area contributed by atoms with Crippen molar-refractivity contribution in [3.8, 4) is 0 Å². The fourth-order valence-electron chi connectivity index (χ4n) is 12.1. The van der Waals surface area contributed by atoms with Crippen molar-refractivity contribution in [2.75, 3.05) is 93.9 Å². The van der Waals surface area contributed by atoms with Gasteiger partial charge in [0, 0.05) is 109 Å². The molecule has 0 saturated carbocycles. The third-order valence-electron chi connectivity index (χ3n) is 16.5. The standard InChI is InChI=1S/C22H33FN2O5.C18H26FNO3.C18H24FNO3.C13H24N2O4.C7H6BrF.CH4O.B.Mg.Na.3H/c1-15-11-17(13-18(23)12-15)19(29-10-8-24-20(26)28-5)16-7-6-9-25(14-16)21(27)30-22(2,3)4;2*1-12-8-14(10-15(19)9-12)16(21)13-6-5-7-20(11-13)17(22)23-18(2,3)4;1-13(2,3)19-12(17)15-8-6-7-10(9-15)11(16)14(4)18-5;1-5-2-6(8)4-7(9)3-5;1-2;;;;;;/h11-13,16,19H,6-10,14H2,1-5H3,(H,24,26);8-10,13,16,21H,5-7,11H2,1-4H3;8-10,13H,5-7,11H2,1-4H3;10H,6-9H2,1-5H3;2-4H,1H3;2H,1H3;;;;;;/q;;;;;;;+2;+1;3*-1/t16-,19-;13-,16-;13-;10-;;;;;;;;/m1111......../s1. The van der Waals surface area contributed by atoms with Gasteiger partial charge in [0.25, 0.3) is 5.91 Å². The van der Waals surface area contributed by atoms with Gasteiger partial charge in [-0.1, -0.05) is 28.1 Å². The number of ether oxygens (including phenoxy) is 6. The average molecular weight is 1620 g/mol. The van der Waals surface area contributed by atoms with E-state index >= 15 is 0 Å². The summed E-state index contributed by atoms with van der Waals surface area (Å²) in [7, 11) is 5.32. The number of nitrogens with zero attached hydrogens (tertiary/aromatic N) is 5. The molecule has 6 amide bonds. The van der Waals surface area contributed by atoms with E-state index in [9.17, 15) is 56.2 Å². The van der Waals surface area contributed by atoms with Crippen LogP contribution < -0.4 is 34.9 Å². The number of hydrogen-bond donors (Lipinski definition) is 3. The van der Waals surface area contributed by atoms with E-state index in [1.807, 2.05) is 109 Å². The first-order valence-electron chi connectivity index (χ1n) is 35.9. The maximum absolute atomic E-state index is 14.1. The normalized spacial score (nSPS) is 17.5. The minimum absolute atomic E-state index is 0. The molecule has 4 aromatic rings. The van der Waals surface area contributed by atoms with Gasteiger partial charge in [-0.3, -0.25) is 14.4 Å². The zero-order valence-corrected chi connectivity index (χ0v) is 73.1. The molecule has 4 aromatic carbocycles. The Labute approximate surface area is 696 Å². The number of aliphatic hydroxyl groups is 2. The van der Waals surface area contributed by atoms with Crippen molar-refractivity contribution < 1.29 is 128 Å². The molecule has 0 spiro atoms. The number of methoxy groups -OCH3 is 1. The zero-order chi connectivity index (χ0) is 80.2. The van der Waals surface area contributed by atoms with Crippen LogP contribution >= 0.6 is 15.9 Å². The molecule has 4 fully saturated rings. The van der Waals surface area contributed by atoms with Crippen molar-refractivity contribution >= 4 is 89.6 Å². The molecule has 4 aliphatic heterocycles. The summed E-state index contributed by atoms with van der Waals surface area (Å²) in [6, 6.07) is 18.6. The van der Waals surface area contributed by atoms with E-state index in [0.717, 1.165) is 78.8 Å². The molecule has 6 atom stereocenters. The largest absolute Gasteiger partial charge is 2.00 e. The summed E-state index contributed by atoms with van der Waals surface area (Å²) in [6.45, 7) is 33.7. The molecule has 603 valence electrons. The third kappa shape index (κ3) is 39.5. The number of carbonyl (C=O) groups is 7. The van der Waals surface area contributed by atoms with Crippen LogP contribution in [0, 0.1) is 74.6 Å². The Kier molecular flexibility index (Phi) is 46.4. The fraction of sp³-hybridized carbons (Fsp3) is 0.608. The Morgan fingerprint density at radius 3 is 1.29 bits per heavy atom.